The Hall–Kier alpha value is -0.840. The van der Waals surface area contributed by atoms with Crippen molar-refractivity contribution in [1.82, 2.24) is 5.32 Å². The number of benzene rings is 2. The zero-order valence-electron chi connectivity index (χ0n) is 10.8. The maximum atomic E-state index is 5.27. The molecule has 1 atom stereocenters. The summed E-state index contributed by atoms with van der Waals surface area (Å²) < 4.78 is 7.32. The molecule has 0 saturated carbocycles. The molecule has 0 aliphatic carbocycles. The lowest BCUT2D eigenvalue weighted by Crippen LogP contribution is -2.18. The molecular weight excluding hydrogens is 370 g/mol. The highest BCUT2D eigenvalue weighted by atomic mass is 79.9. The Morgan fingerprint density at radius 3 is 2.37 bits per heavy atom. The van der Waals surface area contributed by atoms with Gasteiger partial charge in [0, 0.05) is 4.47 Å². The van der Waals surface area contributed by atoms with Crippen LogP contribution in [0.2, 0.25) is 0 Å². The zero-order chi connectivity index (χ0) is 13.8. The second kappa shape index (κ2) is 6.55. The van der Waals surface area contributed by atoms with Crippen LogP contribution in [0.1, 0.15) is 17.2 Å². The van der Waals surface area contributed by atoms with Gasteiger partial charge in [0.15, 0.2) is 0 Å². The summed E-state index contributed by atoms with van der Waals surface area (Å²) in [6, 6.07) is 14.5. The molecule has 0 aromatic heterocycles. The summed E-state index contributed by atoms with van der Waals surface area (Å²) in [4.78, 5) is 0. The van der Waals surface area contributed by atoms with Crippen LogP contribution < -0.4 is 10.1 Å². The van der Waals surface area contributed by atoms with Crippen molar-refractivity contribution < 1.29 is 4.74 Å². The third-order valence-electron chi connectivity index (χ3n) is 3.01. The first kappa shape index (κ1) is 14.6. The standard InChI is InChI=1S/C15H15Br2NO/c1-18-15(11-5-3-4-6-12(11)16)10-7-8-14(19-2)13(17)9-10/h3-9,15,18H,1-2H3. The Morgan fingerprint density at radius 1 is 1.05 bits per heavy atom. The van der Waals surface area contributed by atoms with Gasteiger partial charge in [-0.05, 0) is 52.3 Å². The Labute approximate surface area is 130 Å². The van der Waals surface area contributed by atoms with Crippen LogP contribution in [0.4, 0.5) is 0 Å². The Balaban J connectivity index is 2.43. The van der Waals surface area contributed by atoms with Crippen LogP contribution in [-0.2, 0) is 0 Å². The maximum Gasteiger partial charge on any atom is 0.133 e. The Kier molecular flexibility index (Phi) is 5.02. The lowest BCUT2D eigenvalue weighted by Gasteiger charge is -2.19. The van der Waals surface area contributed by atoms with E-state index in [9.17, 15) is 0 Å². The summed E-state index contributed by atoms with van der Waals surface area (Å²) >= 11 is 7.14. The van der Waals surface area contributed by atoms with E-state index in [0.29, 0.717) is 0 Å². The Morgan fingerprint density at radius 2 is 1.79 bits per heavy atom. The number of hydrogen-bond donors (Lipinski definition) is 1. The topological polar surface area (TPSA) is 21.3 Å². The third-order valence-corrected chi connectivity index (χ3v) is 4.36. The smallest absolute Gasteiger partial charge is 0.133 e. The van der Waals surface area contributed by atoms with Crippen molar-refractivity contribution in [1.29, 1.82) is 0 Å². The van der Waals surface area contributed by atoms with Crippen molar-refractivity contribution in [2.24, 2.45) is 0 Å². The van der Waals surface area contributed by atoms with Gasteiger partial charge < -0.3 is 10.1 Å². The molecule has 0 heterocycles. The van der Waals surface area contributed by atoms with Crippen LogP contribution in [0.3, 0.4) is 0 Å². The fraction of sp³-hybridized carbons (Fsp3) is 0.200. The summed E-state index contributed by atoms with van der Waals surface area (Å²) in [6.07, 6.45) is 0. The molecule has 0 fully saturated rings. The summed E-state index contributed by atoms with van der Waals surface area (Å²) in [5.41, 5.74) is 2.39. The van der Waals surface area contributed by atoms with Gasteiger partial charge in [-0.25, -0.2) is 0 Å². The van der Waals surface area contributed by atoms with Crippen molar-refractivity contribution in [2.45, 2.75) is 6.04 Å². The third kappa shape index (κ3) is 3.19. The largest absolute Gasteiger partial charge is 0.496 e. The minimum atomic E-state index is 0.137. The normalized spacial score (nSPS) is 12.2. The van der Waals surface area contributed by atoms with Gasteiger partial charge in [0.1, 0.15) is 5.75 Å². The van der Waals surface area contributed by atoms with Crippen molar-refractivity contribution in [3.05, 3.63) is 62.5 Å². The zero-order valence-corrected chi connectivity index (χ0v) is 14.0. The van der Waals surface area contributed by atoms with Crippen LogP contribution in [0, 0.1) is 0 Å². The van der Waals surface area contributed by atoms with E-state index in [1.807, 2.05) is 25.2 Å². The number of halogens is 2. The second-order valence-corrected chi connectivity index (χ2v) is 5.85. The van der Waals surface area contributed by atoms with Gasteiger partial charge in [-0.15, -0.1) is 0 Å². The molecule has 4 heteroatoms. The van der Waals surface area contributed by atoms with E-state index < -0.39 is 0 Å². The molecule has 1 N–H and O–H groups in total. The van der Waals surface area contributed by atoms with Crippen molar-refractivity contribution in [3.63, 3.8) is 0 Å². The van der Waals surface area contributed by atoms with Gasteiger partial charge >= 0.3 is 0 Å². The molecule has 0 saturated heterocycles. The Bertz CT molecular complexity index is 572. The monoisotopic (exact) mass is 383 g/mol. The molecule has 0 amide bonds. The van der Waals surface area contributed by atoms with Crippen LogP contribution in [0.5, 0.6) is 5.75 Å². The molecule has 0 bridgehead atoms. The van der Waals surface area contributed by atoms with E-state index in [1.54, 1.807) is 7.11 Å². The SMILES string of the molecule is CNC(c1ccc(OC)c(Br)c1)c1ccccc1Br. The van der Waals surface area contributed by atoms with E-state index in [2.05, 4.69) is 61.4 Å². The average molecular weight is 385 g/mol. The molecule has 0 spiro atoms. The number of methoxy groups -OCH3 is 1. The number of nitrogens with one attached hydrogen (secondary N) is 1. The lowest BCUT2D eigenvalue weighted by molar-refractivity contribution is 0.412. The van der Waals surface area contributed by atoms with Gasteiger partial charge in [-0.3, -0.25) is 0 Å². The van der Waals surface area contributed by atoms with Crippen molar-refractivity contribution >= 4 is 31.9 Å². The first-order valence-electron chi connectivity index (χ1n) is 5.92. The molecule has 0 aliphatic heterocycles. The van der Waals surface area contributed by atoms with E-state index in [-0.39, 0.29) is 6.04 Å². The molecule has 2 aromatic rings. The highest BCUT2D eigenvalue weighted by molar-refractivity contribution is 9.10. The van der Waals surface area contributed by atoms with E-state index in [1.165, 1.54) is 11.1 Å². The molecule has 2 aromatic carbocycles. The summed E-state index contributed by atoms with van der Waals surface area (Å²) in [5, 5.41) is 3.35. The van der Waals surface area contributed by atoms with Crippen LogP contribution in [0.25, 0.3) is 0 Å². The molecule has 100 valence electrons. The maximum absolute atomic E-state index is 5.27. The van der Waals surface area contributed by atoms with Crippen LogP contribution >= 0.6 is 31.9 Å². The van der Waals surface area contributed by atoms with Gasteiger partial charge in [-0.2, -0.15) is 0 Å². The van der Waals surface area contributed by atoms with E-state index in [4.69, 9.17) is 4.74 Å². The van der Waals surface area contributed by atoms with Gasteiger partial charge in [-0.1, -0.05) is 40.2 Å². The minimum absolute atomic E-state index is 0.137. The second-order valence-electron chi connectivity index (χ2n) is 4.14. The van der Waals surface area contributed by atoms with Crippen LogP contribution in [-0.4, -0.2) is 14.2 Å². The van der Waals surface area contributed by atoms with E-state index >= 15 is 0 Å². The van der Waals surface area contributed by atoms with Crippen LogP contribution in [0.15, 0.2) is 51.4 Å². The van der Waals surface area contributed by atoms with Gasteiger partial charge in [0.2, 0.25) is 0 Å². The number of hydrogen-bond acceptors (Lipinski definition) is 2. The van der Waals surface area contributed by atoms with E-state index in [0.717, 1.165) is 14.7 Å². The quantitative estimate of drug-likeness (QED) is 0.836. The summed E-state index contributed by atoms with van der Waals surface area (Å²) in [5.74, 6) is 0.839. The predicted molar refractivity (Wildman–Crippen MR) is 85.7 cm³/mol. The first-order valence-corrected chi connectivity index (χ1v) is 7.51. The molecule has 1 unspecified atom stereocenters. The van der Waals surface area contributed by atoms with Crippen molar-refractivity contribution in [3.8, 4) is 5.75 Å². The molecular formula is C15H15Br2NO. The lowest BCUT2D eigenvalue weighted by atomic mass is 9.99. The van der Waals surface area contributed by atoms with Gasteiger partial charge in [0.25, 0.3) is 0 Å². The highest BCUT2D eigenvalue weighted by Gasteiger charge is 2.15. The first-order chi connectivity index (χ1) is 9.17. The summed E-state index contributed by atoms with van der Waals surface area (Å²) in [6.45, 7) is 0. The van der Waals surface area contributed by atoms with Gasteiger partial charge in [0.05, 0.1) is 17.6 Å². The number of ether oxygens (including phenoxy) is 1. The molecule has 2 rings (SSSR count). The van der Waals surface area contributed by atoms with Crippen molar-refractivity contribution in [2.75, 3.05) is 14.2 Å². The summed E-state index contributed by atoms with van der Waals surface area (Å²) in [7, 11) is 3.63. The fourth-order valence-corrected chi connectivity index (χ4v) is 3.15. The molecule has 19 heavy (non-hydrogen) atoms. The number of rotatable bonds is 4. The molecule has 0 radical (unpaired) electrons. The highest BCUT2D eigenvalue weighted by Crippen LogP contribution is 2.32. The molecule has 0 aliphatic rings. The fourth-order valence-electron chi connectivity index (χ4n) is 2.07. The minimum Gasteiger partial charge on any atom is -0.496 e. The predicted octanol–water partition coefficient (Wildman–Crippen LogP) is 4.53. The molecule has 2 nitrogen and oxygen atoms in total. The average Bonchev–Trinajstić information content (AvgIpc) is 2.42.